The molecule has 0 aromatic heterocycles. The van der Waals surface area contributed by atoms with E-state index in [9.17, 15) is 0 Å². The fraction of sp³-hybridized carbons (Fsp3) is 1.00. The van der Waals surface area contributed by atoms with E-state index < -0.39 is 0 Å². The van der Waals surface area contributed by atoms with Crippen molar-refractivity contribution in [1.82, 2.24) is 4.90 Å². The summed E-state index contributed by atoms with van der Waals surface area (Å²) in [7, 11) is 0. The summed E-state index contributed by atoms with van der Waals surface area (Å²) in [5.74, 6) is 0.936. The van der Waals surface area contributed by atoms with Gasteiger partial charge in [-0.3, -0.25) is 4.90 Å². The maximum Gasteiger partial charge on any atom is 0.0308 e. The van der Waals surface area contributed by atoms with Crippen LogP contribution in [-0.2, 0) is 0 Å². The molecule has 108 valence electrons. The van der Waals surface area contributed by atoms with Gasteiger partial charge in [0, 0.05) is 18.1 Å². The molecule has 0 heterocycles. The molecule has 1 rings (SSSR count). The number of nitrogens with zero attached hydrogens (tertiary/aromatic N) is 1. The Bertz CT molecular complexity index is 223. The molecule has 0 aliphatic heterocycles. The summed E-state index contributed by atoms with van der Waals surface area (Å²) >= 11 is 0. The summed E-state index contributed by atoms with van der Waals surface area (Å²) in [5.41, 5.74) is 6.35. The molecule has 1 aliphatic carbocycles. The lowest BCUT2D eigenvalue weighted by atomic mass is 9.75. The van der Waals surface area contributed by atoms with E-state index in [1.807, 2.05) is 0 Å². The van der Waals surface area contributed by atoms with Crippen LogP contribution in [0.1, 0.15) is 72.6 Å². The highest BCUT2D eigenvalue weighted by molar-refractivity contribution is 4.92. The summed E-state index contributed by atoms with van der Waals surface area (Å²) < 4.78 is 0. The molecule has 1 aliphatic rings. The van der Waals surface area contributed by atoms with Gasteiger partial charge < -0.3 is 5.73 Å². The largest absolute Gasteiger partial charge is 0.329 e. The fourth-order valence-corrected chi connectivity index (χ4v) is 3.32. The number of hydrogen-bond acceptors (Lipinski definition) is 2. The molecule has 0 amide bonds. The molecule has 0 aromatic rings. The third kappa shape index (κ3) is 4.24. The first kappa shape index (κ1) is 16.0. The predicted molar refractivity (Wildman–Crippen MR) is 80.8 cm³/mol. The van der Waals surface area contributed by atoms with Gasteiger partial charge in [-0.25, -0.2) is 0 Å². The lowest BCUT2D eigenvalue weighted by Gasteiger charge is -2.47. The Kier molecular flexibility index (Phi) is 6.65. The van der Waals surface area contributed by atoms with E-state index in [2.05, 4.69) is 32.6 Å². The van der Waals surface area contributed by atoms with Gasteiger partial charge in [0.15, 0.2) is 0 Å². The van der Waals surface area contributed by atoms with Gasteiger partial charge in [-0.1, -0.05) is 39.0 Å². The van der Waals surface area contributed by atoms with Gasteiger partial charge in [0.05, 0.1) is 0 Å². The molecule has 18 heavy (non-hydrogen) atoms. The molecule has 1 saturated carbocycles. The molecule has 2 N–H and O–H groups in total. The van der Waals surface area contributed by atoms with Crippen LogP contribution >= 0.6 is 0 Å². The van der Waals surface area contributed by atoms with Crippen molar-refractivity contribution >= 4 is 0 Å². The van der Waals surface area contributed by atoms with E-state index in [1.54, 1.807) is 0 Å². The van der Waals surface area contributed by atoms with Gasteiger partial charge in [0.2, 0.25) is 0 Å². The highest BCUT2D eigenvalue weighted by Crippen LogP contribution is 2.36. The summed E-state index contributed by atoms with van der Waals surface area (Å²) in [4.78, 5) is 2.67. The van der Waals surface area contributed by atoms with Gasteiger partial charge in [0.25, 0.3) is 0 Å². The van der Waals surface area contributed by atoms with Gasteiger partial charge in [-0.15, -0.1) is 0 Å². The number of unbranched alkanes of at least 4 members (excludes halogenated alkanes) is 2. The first-order chi connectivity index (χ1) is 8.53. The second kappa shape index (κ2) is 7.49. The van der Waals surface area contributed by atoms with Crippen molar-refractivity contribution in [2.75, 3.05) is 13.1 Å². The van der Waals surface area contributed by atoms with E-state index in [4.69, 9.17) is 5.73 Å². The minimum atomic E-state index is 0.215. The second-order valence-electron chi connectivity index (χ2n) is 6.70. The van der Waals surface area contributed by atoms with Crippen LogP contribution in [0.2, 0.25) is 0 Å². The summed E-state index contributed by atoms with van der Waals surface area (Å²) in [5, 5.41) is 0. The van der Waals surface area contributed by atoms with Crippen molar-refractivity contribution in [2.24, 2.45) is 11.7 Å². The van der Waals surface area contributed by atoms with Crippen LogP contribution in [-0.4, -0.2) is 29.6 Å². The highest BCUT2D eigenvalue weighted by atomic mass is 15.2. The lowest BCUT2D eigenvalue weighted by molar-refractivity contribution is 0.0403. The molecule has 0 radical (unpaired) electrons. The van der Waals surface area contributed by atoms with Crippen molar-refractivity contribution in [1.29, 1.82) is 0 Å². The van der Waals surface area contributed by atoms with Crippen molar-refractivity contribution in [3.63, 3.8) is 0 Å². The van der Waals surface area contributed by atoms with Gasteiger partial charge in [0.1, 0.15) is 0 Å². The van der Waals surface area contributed by atoms with E-state index in [1.165, 1.54) is 51.5 Å². The SMILES string of the molecule is CCCCCN(C(C)C)C(C)(CN)CC1CCC1. The number of rotatable bonds is 9. The van der Waals surface area contributed by atoms with Crippen molar-refractivity contribution in [3.05, 3.63) is 0 Å². The van der Waals surface area contributed by atoms with E-state index >= 15 is 0 Å². The monoisotopic (exact) mass is 254 g/mol. The average Bonchev–Trinajstić information content (AvgIpc) is 2.29. The Morgan fingerprint density at radius 1 is 1.28 bits per heavy atom. The number of nitrogens with two attached hydrogens (primary N) is 1. The van der Waals surface area contributed by atoms with E-state index in [0.717, 1.165) is 12.5 Å². The molecule has 1 fully saturated rings. The minimum Gasteiger partial charge on any atom is -0.329 e. The molecule has 1 atom stereocenters. The zero-order valence-electron chi connectivity index (χ0n) is 13.0. The van der Waals surface area contributed by atoms with Gasteiger partial charge in [-0.2, -0.15) is 0 Å². The maximum absolute atomic E-state index is 6.14. The molecule has 1 unspecified atom stereocenters. The van der Waals surface area contributed by atoms with Gasteiger partial charge in [-0.05, 0) is 46.1 Å². The Balaban J connectivity index is 2.58. The molecular weight excluding hydrogens is 220 g/mol. The standard InChI is InChI=1S/C16H34N2/c1-5-6-7-11-18(14(2)3)16(4,13-17)12-15-9-8-10-15/h14-15H,5-13,17H2,1-4H3. The Morgan fingerprint density at radius 2 is 1.94 bits per heavy atom. The molecule has 2 heteroatoms. The van der Waals surface area contributed by atoms with Crippen LogP contribution in [0.4, 0.5) is 0 Å². The van der Waals surface area contributed by atoms with Crippen LogP contribution in [0.3, 0.4) is 0 Å². The first-order valence-electron chi connectivity index (χ1n) is 8.00. The zero-order chi connectivity index (χ0) is 13.6. The molecular formula is C16H34N2. The summed E-state index contributed by atoms with van der Waals surface area (Å²) in [6.45, 7) is 11.3. The Hall–Kier alpha value is -0.0800. The first-order valence-corrected chi connectivity index (χ1v) is 8.00. The second-order valence-corrected chi connectivity index (χ2v) is 6.70. The van der Waals surface area contributed by atoms with Crippen molar-refractivity contribution in [3.8, 4) is 0 Å². The summed E-state index contributed by atoms with van der Waals surface area (Å²) in [6.07, 6.45) is 9.54. The highest BCUT2D eigenvalue weighted by Gasteiger charge is 2.35. The zero-order valence-corrected chi connectivity index (χ0v) is 13.0. The molecule has 0 bridgehead atoms. The summed E-state index contributed by atoms with van der Waals surface area (Å²) in [6, 6.07) is 0.607. The quantitative estimate of drug-likeness (QED) is 0.634. The van der Waals surface area contributed by atoms with Crippen LogP contribution in [0.25, 0.3) is 0 Å². The van der Waals surface area contributed by atoms with Crippen molar-refractivity contribution in [2.45, 2.75) is 84.2 Å². The average molecular weight is 254 g/mol. The topological polar surface area (TPSA) is 29.3 Å². The maximum atomic E-state index is 6.14. The smallest absolute Gasteiger partial charge is 0.0308 e. The molecule has 0 aromatic carbocycles. The number of hydrogen-bond donors (Lipinski definition) is 1. The Labute approximate surface area is 114 Å². The normalized spacial score (nSPS) is 20.2. The predicted octanol–water partition coefficient (Wildman–Crippen LogP) is 3.79. The third-order valence-corrected chi connectivity index (χ3v) is 4.71. The third-order valence-electron chi connectivity index (χ3n) is 4.71. The molecule has 0 saturated heterocycles. The molecule has 2 nitrogen and oxygen atoms in total. The van der Waals surface area contributed by atoms with E-state index in [-0.39, 0.29) is 5.54 Å². The molecule has 0 spiro atoms. The van der Waals surface area contributed by atoms with Gasteiger partial charge >= 0.3 is 0 Å². The van der Waals surface area contributed by atoms with Crippen LogP contribution in [0, 0.1) is 5.92 Å². The fourth-order valence-electron chi connectivity index (χ4n) is 3.32. The van der Waals surface area contributed by atoms with Crippen molar-refractivity contribution < 1.29 is 0 Å². The van der Waals surface area contributed by atoms with Crippen LogP contribution < -0.4 is 5.73 Å². The minimum absolute atomic E-state index is 0.215. The Morgan fingerprint density at radius 3 is 2.33 bits per heavy atom. The van der Waals surface area contributed by atoms with Crippen LogP contribution in [0.15, 0.2) is 0 Å². The van der Waals surface area contributed by atoms with E-state index in [0.29, 0.717) is 6.04 Å². The van der Waals surface area contributed by atoms with Crippen LogP contribution in [0.5, 0.6) is 0 Å². The lowest BCUT2D eigenvalue weighted by Crippen LogP contribution is -2.56.